The molecule has 1 amide bonds. The number of aliphatic hydroxyl groups excluding tert-OH is 1. The van der Waals surface area contributed by atoms with Crippen LogP contribution in [-0.4, -0.2) is 42.8 Å². The van der Waals surface area contributed by atoms with Gasteiger partial charge in [0.05, 0.1) is 16.5 Å². The summed E-state index contributed by atoms with van der Waals surface area (Å²) in [5.74, 6) is 0.131. The zero-order valence-electron chi connectivity index (χ0n) is 17.4. The highest BCUT2D eigenvalue weighted by Gasteiger charge is 2.36. The number of hydrogen-bond acceptors (Lipinski definition) is 7. The minimum Gasteiger partial charge on any atom is -0.396 e. The average Bonchev–Trinajstić information content (AvgIpc) is 3.09. The first-order chi connectivity index (χ1) is 15.5. The van der Waals surface area contributed by atoms with Gasteiger partial charge in [0.2, 0.25) is 0 Å². The number of hydrogen-bond donors (Lipinski definition) is 2. The molecule has 3 heterocycles. The first kappa shape index (κ1) is 22.2. The number of nitrogens with one attached hydrogen (secondary N) is 1. The van der Waals surface area contributed by atoms with E-state index in [2.05, 4.69) is 10.3 Å². The lowest BCUT2D eigenvalue weighted by atomic mass is 10.1. The Labute approximate surface area is 194 Å². The van der Waals surface area contributed by atoms with Gasteiger partial charge in [0, 0.05) is 19.3 Å². The van der Waals surface area contributed by atoms with Gasteiger partial charge in [0.1, 0.15) is 15.8 Å². The van der Waals surface area contributed by atoms with Crippen LogP contribution in [0, 0.1) is 0 Å². The fourth-order valence-electron chi connectivity index (χ4n) is 3.48. The molecule has 1 fully saturated rings. The molecular formula is C23H22N4O3S2. The minimum atomic E-state index is -0.288. The Morgan fingerprint density at radius 1 is 1.19 bits per heavy atom. The zero-order chi connectivity index (χ0) is 22.7. The smallest absolute Gasteiger partial charge is 0.267 e. The van der Waals surface area contributed by atoms with Crippen molar-refractivity contribution in [2.75, 3.05) is 18.5 Å². The van der Waals surface area contributed by atoms with Gasteiger partial charge in [-0.05, 0) is 37.1 Å². The summed E-state index contributed by atoms with van der Waals surface area (Å²) in [5, 5.41) is 12.2. The second-order valence-corrected chi connectivity index (χ2v) is 8.93. The molecule has 0 radical (unpaired) electrons. The fraction of sp³-hybridized carbons (Fsp3) is 0.217. The van der Waals surface area contributed by atoms with Crippen LogP contribution in [-0.2, 0) is 4.79 Å². The van der Waals surface area contributed by atoms with E-state index in [-0.39, 0.29) is 29.7 Å². The highest BCUT2D eigenvalue weighted by Crippen LogP contribution is 2.38. The van der Waals surface area contributed by atoms with Gasteiger partial charge in [-0.25, -0.2) is 4.98 Å². The zero-order valence-corrected chi connectivity index (χ0v) is 19.0. The molecule has 0 unspecified atom stereocenters. The number of fused-ring (bicyclic) bond motifs is 1. The van der Waals surface area contributed by atoms with Gasteiger partial charge >= 0.3 is 0 Å². The quantitative estimate of drug-likeness (QED) is 0.313. The molecule has 0 spiro atoms. The van der Waals surface area contributed by atoms with Crippen molar-refractivity contribution in [2.24, 2.45) is 0 Å². The van der Waals surface area contributed by atoms with Crippen LogP contribution in [0.25, 0.3) is 11.7 Å². The Morgan fingerprint density at radius 2 is 1.94 bits per heavy atom. The van der Waals surface area contributed by atoms with Crippen molar-refractivity contribution in [1.29, 1.82) is 0 Å². The number of benzene rings is 1. The molecule has 3 aromatic rings. The lowest BCUT2D eigenvalue weighted by Gasteiger charge is -2.23. The standard InChI is InChI=1S/C23H22N4O3S2/c1-15(16-8-3-2-4-9-16)27-22(30)18(32-23(27)31)14-17-20(24-11-7-13-28)25-19-10-5-6-12-26(19)21(17)29/h2-6,8-10,12,14-15,24,28H,7,11,13H2,1H3/b18-14+/t15-/m1/s1. The number of carbonyl (C=O) groups excluding carboxylic acids is 1. The molecule has 4 rings (SSSR count). The Bertz CT molecular complexity index is 1260. The second-order valence-electron chi connectivity index (χ2n) is 7.25. The van der Waals surface area contributed by atoms with Crippen molar-refractivity contribution in [2.45, 2.75) is 19.4 Å². The molecule has 0 saturated carbocycles. The van der Waals surface area contributed by atoms with Crippen LogP contribution in [0.2, 0.25) is 0 Å². The van der Waals surface area contributed by atoms with E-state index in [0.29, 0.717) is 33.7 Å². The Morgan fingerprint density at radius 3 is 2.69 bits per heavy atom. The average molecular weight is 467 g/mol. The third kappa shape index (κ3) is 4.32. The molecule has 9 heteroatoms. The van der Waals surface area contributed by atoms with E-state index in [1.54, 1.807) is 35.4 Å². The van der Waals surface area contributed by atoms with E-state index in [9.17, 15) is 9.59 Å². The topological polar surface area (TPSA) is 86.9 Å². The van der Waals surface area contributed by atoms with Crippen LogP contribution >= 0.6 is 24.0 Å². The van der Waals surface area contributed by atoms with Gasteiger partial charge in [-0.2, -0.15) is 0 Å². The number of thiocarbonyl (C=S) groups is 1. The molecule has 1 aromatic carbocycles. The lowest BCUT2D eigenvalue weighted by Crippen LogP contribution is -2.31. The van der Waals surface area contributed by atoms with E-state index in [0.717, 1.165) is 5.56 Å². The van der Waals surface area contributed by atoms with Crippen molar-refractivity contribution < 1.29 is 9.90 Å². The normalized spacial score (nSPS) is 16.2. The molecule has 1 saturated heterocycles. The van der Waals surface area contributed by atoms with Crippen LogP contribution in [0.4, 0.5) is 5.82 Å². The fourth-order valence-corrected chi connectivity index (χ4v) is 4.88. The SMILES string of the molecule is C[C@H](c1ccccc1)N1C(=O)/C(=C\c2c(NCCCO)nc3ccccn3c2=O)SC1=S. The maximum atomic E-state index is 13.2. The third-order valence-corrected chi connectivity index (χ3v) is 6.50. The number of carbonyl (C=O) groups is 1. The Balaban J connectivity index is 1.74. The van der Waals surface area contributed by atoms with Crippen molar-refractivity contribution in [3.8, 4) is 0 Å². The maximum absolute atomic E-state index is 13.2. The number of aliphatic hydroxyl groups is 1. The molecule has 0 aliphatic carbocycles. The first-order valence-corrected chi connectivity index (χ1v) is 11.4. The van der Waals surface area contributed by atoms with Gasteiger partial charge in [0.15, 0.2) is 0 Å². The molecular weight excluding hydrogens is 444 g/mol. The monoisotopic (exact) mass is 466 g/mol. The number of pyridine rings is 1. The summed E-state index contributed by atoms with van der Waals surface area (Å²) < 4.78 is 1.89. The molecule has 1 aliphatic rings. The van der Waals surface area contributed by atoms with E-state index in [1.807, 2.05) is 37.3 Å². The summed E-state index contributed by atoms with van der Waals surface area (Å²) in [4.78, 5) is 33.0. The predicted octanol–water partition coefficient (Wildman–Crippen LogP) is 3.45. The second kappa shape index (κ2) is 9.64. The summed E-state index contributed by atoms with van der Waals surface area (Å²) in [6.07, 6.45) is 3.71. The summed E-state index contributed by atoms with van der Waals surface area (Å²) in [5.41, 5.74) is 1.46. The van der Waals surface area contributed by atoms with E-state index >= 15 is 0 Å². The largest absolute Gasteiger partial charge is 0.396 e. The van der Waals surface area contributed by atoms with Gasteiger partial charge in [0.25, 0.3) is 11.5 Å². The number of rotatable bonds is 7. The highest BCUT2D eigenvalue weighted by atomic mass is 32.2. The van der Waals surface area contributed by atoms with E-state index in [1.165, 1.54) is 16.2 Å². The van der Waals surface area contributed by atoms with Gasteiger partial charge < -0.3 is 10.4 Å². The number of nitrogens with zero attached hydrogens (tertiary/aromatic N) is 3. The summed E-state index contributed by atoms with van der Waals surface area (Å²) in [7, 11) is 0. The summed E-state index contributed by atoms with van der Waals surface area (Å²) >= 11 is 6.68. The molecule has 2 N–H and O–H groups in total. The molecule has 0 bridgehead atoms. The van der Waals surface area contributed by atoms with Crippen molar-refractivity contribution >= 4 is 51.7 Å². The summed E-state index contributed by atoms with van der Waals surface area (Å²) in [6, 6.07) is 14.7. The number of anilines is 1. The van der Waals surface area contributed by atoms with Gasteiger partial charge in [-0.1, -0.05) is 60.4 Å². The Kier molecular flexibility index (Phi) is 6.69. The number of amides is 1. The van der Waals surface area contributed by atoms with Crippen molar-refractivity contribution in [1.82, 2.24) is 14.3 Å². The maximum Gasteiger partial charge on any atom is 0.267 e. The van der Waals surface area contributed by atoms with Crippen LogP contribution in [0.3, 0.4) is 0 Å². The van der Waals surface area contributed by atoms with E-state index in [4.69, 9.17) is 17.3 Å². The first-order valence-electron chi connectivity index (χ1n) is 10.2. The van der Waals surface area contributed by atoms with E-state index < -0.39 is 0 Å². The van der Waals surface area contributed by atoms with Crippen molar-refractivity contribution in [3.05, 3.63) is 81.1 Å². The Hall–Kier alpha value is -3.01. The molecule has 32 heavy (non-hydrogen) atoms. The number of aromatic nitrogens is 2. The molecule has 2 aromatic heterocycles. The van der Waals surface area contributed by atoms with Crippen molar-refractivity contribution in [3.63, 3.8) is 0 Å². The van der Waals surface area contributed by atoms with Crippen LogP contribution < -0.4 is 10.9 Å². The van der Waals surface area contributed by atoms with Gasteiger partial charge in [-0.3, -0.25) is 18.9 Å². The van der Waals surface area contributed by atoms with Crippen LogP contribution in [0.15, 0.2) is 64.4 Å². The number of thioether (sulfide) groups is 1. The van der Waals surface area contributed by atoms with Crippen LogP contribution in [0.1, 0.15) is 30.5 Å². The molecule has 7 nitrogen and oxygen atoms in total. The molecule has 1 aliphatic heterocycles. The predicted molar refractivity (Wildman–Crippen MR) is 132 cm³/mol. The van der Waals surface area contributed by atoms with Crippen LogP contribution in [0.5, 0.6) is 0 Å². The summed E-state index contributed by atoms with van der Waals surface area (Å²) in [6.45, 7) is 2.39. The van der Waals surface area contributed by atoms with Gasteiger partial charge in [-0.15, -0.1) is 0 Å². The highest BCUT2D eigenvalue weighted by molar-refractivity contribution is 8.26. The minimum absolute atomic E-state index is 0.0188. The third-order valence-electron chi connectivity index (χ3n) is 5.16. The lowest BCUT2D eigenvalue weighted by molar-refractivity contribution is -0.123. The molecule has 164 valence electrons. The molecule has 1 atom stereocenters.